The summed E-state index contributed by atoms with van der Waals surface area (Å²) in [6.07, 6.45) is 1.27. The lowest BCUT2D eigenvalue weighted by atomic mass is 10.1. The lowest BCUT2D eigenvalue weighted by Crippen LogP contribution is -2.42. The minimum absolute atomic E-state index is 0.00309. The van der Waals surface area contributed by atoms with E-state index in [0.29, 0.717) is 34.3 Å². The van der Waals surface area contributed by atoms with Crippen LogP contribution in [0.3, 0.4) is 0 Å². The van der Waals surface area contributed by atoms with Crippen LogP contribution < -0.4 is 29.7 Å². The molecule has 2 N–H and O–H groups in total. The molecule has 1 aliphatic rings. The van der Waals surface area contributed by atoms with Crippen LogP contribution in [0, 0.1) is 0 Å². The number of rotatable bonds is 7. The fourth-order valence-corrected chi connectivity index (χ4v) is 3.18. The molecule has 1 aromatic heterocycles. The van der Waals surface area contributed by atoms with Gasteiger partial charge in [0.2, 0.25) is 5.91 Å². The molecule has 1 aliphatic heterocycles. The Bertz CT molecular complexity index is 938. The summed E-state index contributed by atoms with van der Waals surface area (Å²) in [7, 11) is 4.61. The first kappa shape index (κ1) is 21.2. The van der Waals surface area contributed by atoms with E-state index in [1.165, 1.54) is 25.4 Å². The van der Waals surface area contributed by atoms with Crippen molar-refractivity contribution >= 4 is 23.3 Å². The van der Waals surface area contributed by atoms with Gasteiger partial charge >= 0.3 is 0 Å². The molecule has 30 heavy (non-hydrogen) atoms. The van der Waals surface area contributed by atoms with Gasteiger partial charge < -0.3 is 24.8 Å². The standard InChI is InChI=1S/C20H25N5O5/c1-11(2)24-20(27)18-17-19(23-10-22-18)25(16(26)8-21-17)9-13-14(29-4)6-12(28-3)7-15(13)30-5/h6-7,10-11,21H,8-9H2,1-5H3,(H,24,27). The Morgan fingerprint density at radius 1 is 1.17 bits per heavy atom. The van der Waals surface area contributed by atoms with Crippen molar-refractivity contribution in [1.29, 1.82) is 0 Å². The predicted molar refractivity (Wildman–Crippen MR) is 110 cm³/mol. The van der Waals surface area contributed by atoms with Crippen LogP contribution in [0.1, 0.15) is 29.9 Å². The normalized spacial score (nSPS) is 12.9. The molecule has 0 saturated carbocycles. The molecule has 0 atom stereocenters. The minimum Gasteiger partial charge on any atom is -0.496 e. The maximum Gasteiger partial charge on any atom is 0.272 e. The average molecular weight is 415 g/mol. The van der Waals surface area contributed by atoms with Gasteiger partial charge in [-0.15, -0.1) is 0 Å². The number of nitrogens with zero attached hydrogens (tertiary/aromatic N) is 3. The molecule has 160 valence electrons. The summed E-state index contributed by atoms with van der Waals surface area (Å²) in [5, 5.41) is 5.77. The first-order chi connectivity index (χ1) is 14.4. The summed E-state index contributed by atoms with van der Waals surface area (Å²) in [6.45, 7) is 3.85. The Morgan fingerprint density at radius 2 is 1.83 bits per heavy atom. The highest BCUT2D eigenvalue weighted by molar-refractivity contribution is 6.07. The van der Waals surface area contributed by atoms with Crippen LogP contribution in [-0.4, -0.2) is 55.7 Å². The zero-order valence-corrected chi connectivity index (χ0v) is 17.6. The molecule has 0 unspecified atom stereocenters. The highest BCUT2D eigenvalue weighted by atomic mass is 16.5. The van der Waals surface area contributed by atoms with E-state index in [4.69, 9.17) is 14.2 Å². The molecule has 2 aromatic rings. The lowest BCUT2D eigenvalue weighted by Gasteiger charge is -2.30. The van der Waals surface area contributed by atoms with Crippen LogP contribution in [0.4, 0.5) is 11.5 Å². The summed E-state index contributed by atoms with van der Waals surface area (Å²) in [5.41, 5.74) is 1.23. The van der Waals surface area contributed by atoms with Crippen molar-refractivity contribution < 1.29 is 23.8 Å². The van der Waals surface area contributed by atoms with Crippen molar-refractivity contribution in [3.8, 4) is 17.2 Å². The average Bonchev–Trinajstić information content (AvgIpc) is 2.74. The molecule has 0 spiro atoms. The highest BCUT2D eigenvalue weighted by Crippen LogP contribution is 2.38. The van der Waals surface area contributed by atoms with Gasteiger partial charge in [-0.1, -0.05) is 0 Å². The maximum atomic E-state index is 12.7. The zero-order chi connectivity index (χ0) is 21.8. The fourth-order valence-electron chi connectivity index (χ4n) is 3.18. The number of hydrogen-bond acceptors (Lipinski definition) is 8. The third-order valence-corrected chi connectivity index (χ3v) is 4.57. The lowest BCUT2D eigenvalue weighted by molar-refractivity contribution is -0.117. The van der Waals surface area contributed by atoms with Crippen LogP contribution in [0.5, 0.6) is 17.2 Å². The zero-order valence-electron chi connectivity index (χ0n) is 17.6. The quantitative estimate of drug-likeness (QED) is 0.701. The topological polar surface area (TPSA) is 115 Å². The van der Waals surface area contributed by atoms with Crippen molar-refractivity contribution in [2.75, 3.05) is 38.1 Å². The third kappa shape index (κ3) is 4.07. The molecule has 1 aromatic carbocycles. The molecule has 0 fully saturated rings. The number of anilines is 2. The largest absolute Gasteiger partial charge is 0.496 e. The molecule has 2 heterocycles. The summed E-state index contributed by atoms with van der Waals surface area (Å²) in [6, 6.07) is 3.37. The number of carbonyl (C=O) groups is 2. The van der Waals surface area contributed by atoms with Crippen molar-refractivity contribution in [2.45, 2.75) is 26.4 Å². The molecule has 0 saturated heterocycles. The van der Waals surface area contributed by atoms with E-state index in [1.54, 1.807) is 19.2 Å². The Kier molecular flexibility index (Phi) is 6.24. The number of methoxy groups -OCH3 is 3. The summed E-state index contributed by atoms with van der Waals surface area (Å²) < 4.78 is 16.3. The number of benzene rings is 1. The van der Waals surface area contributed by atoms with Crippen LogP contribution in [-0.2, 0) is 11.3 Å². The summed E-state index contributed by atoms with van der Waals surface area (Å²) in [5.74, 6) is 1.34. The summed E-state index contributed by atoms with van der Waals surface area (Å²) >= 11 is 0. The predicted octanol–water partition coefficient (Wildman–Crippen LogP) is 1.60. The Balaban J connectivity index is 2.04. The van der Waals surface area contributed by atoms with Gasteiger partial charge in [-0.25, -0.2) is 9.97 Å². The second-order valence-electron chi connectivity index (χ2n) is 6.89. The van der Waals surface area contributed by atoms with E-state index in [-0.39, 0.29) is 36.6 Å². The van der Waals surface area contributed by atoms with Crippen LogP contribution >= 0.6 is 0 Å². The van der Waals surface area contributed by atoms with Crippen LogP contribution in [0.15, 0.2) is 18.5 Å². The number of aromatic nitrogens is 2. The van der Waals surface area contributed by atoms with E-state index < -0.39 is 0 Å². The highest BCUT2D eigenvalue weighted by Gasteiger charge is 2.31. The summed E-state index contributed by atoms with van der Waals surface area (Å²) in [4.78, 5) is 35.1. The first-order valence-corrected chi connectivity index (χ1v) is 9.38. The Hall–Kier alpha value is -3.56. The number of amides is 2. The SMILES string of the molecule is COc1cc(OC)c(CN2C(=O)CNc3c(C(=O)NC(C)C)ncnc32)c(OC)c1. The van der Waals surface area contributed by atoms with E-state index in [9.17, 15) is 9.59 Å². The molecule has 0 aliphatic carbocycles. The van der Waals surface area contributed by atoms with Crippen LogP contribution in [0.2, 0.25) is 0 Å². The van der Waals surface area contributed by atoms with E-state index in [2.05, 4.69) is 20.6 Å². The van der Waals surface area contributed by atoms with Gasteiger partial charge in [-0.05, 0) is 13.8 Å². The molecule has 10 nitrogen and oxygen atoms in total. The number of ether oxygens (including phenoxy) is 3. The first-order valence-electron chi connectivity index (χ1n) is 9.38. The minimum atomic E-state index is -0.343. The monoisotopic (exact) mass is 415 g/mol. The van der Waals surface area contributed by atoms with Gasteiger partial charge in [0.1, 0.15) is 29.3 Å². The Morgan fingerprint density at radius 3 is 2.40 bits per heavy atom. The van der Waals surface area contributed by atoms with Gasteiger partial charge in [-0.2, -0.15) is 0 Å². The smallest absolute Gasteiger partial charge is 0.272 e. The third-order valence-electron chi connectivity index (χ3n) is 4.57. The number of nitrogens with one attached hydrogen (secondary N) is 2. The Labute approximate surface area is 174 Å². The molecule has 10 heteroatoms. The molecular weight excluding hydrogens is 390 g/mol. The van der Waals surface area contributed by atoms with E-state index in [1.807, 2.05) is 13.8 Å². The van der Waals surface area contributed by atoms with E-state index in [0.717, 1.165) is 0 Å². The number of hydrogen-bond donors (Lipinski definition) is 2. The molecule has 3 rings (SSSR count). The molecule has 2 amide bonds. The molecule has 0 radical (unpaired) electrons. The maximum absolute atomic E-state index is 12.7. The number of fused-ring (bicyclic) bond motifs is 1. The molecule has 0 bridgehead atoms. The molecular formula is C20H25N5O5. The van der Waals surface area contributed by atoms with Crippen molar-refractivity contribution in [1.82, 2.24) is 15.3 Å². The van der Waals surface area contributed by atoms with Gasteiger partial charge in [0.15, 0.2) is 11.5 Å². The van der Waals surface area contributed by atoms with Crippen molar-refractivity contribution in [3.05, 3.63) is 29.7 Å². The van der Waals surface area contributed by atoms with E-state index >= 15 is 0 Å². The second kappa shape index (κ2) is 8.85. The van der Waals surface area contributed by atoms with Gasteiger partial charge in [0.05, 0.1) is 40.0 Å². The van der Waals surface area contributed by atoms with Crippen LogP contribution in [0.25, 0.3) is 0 Å². The second-order valence-corrected chi connectivity index (χ2v) is 6.89. The van der Waals surface area contributed by atoms with Crippen molar-refractivity contribution in [3.63, 3.8) is 0 Å². The van der Waals surface area contributed by atoms with Gasteiger partial charge in [0, 0.05) is 18.2 Å². The van der Waals surface area contributed by atoms with Gasteiger partial charge in [-0.3, -0.25) is 14.5 Å². The fraction of sp³-hybridized carbons (Fsp3) is 0.400. The van der Waals surface area contributed by atoms with Crippen molar-refractivity contribution in [2.24, 2.45) is 0 Å². The van der Waals surface area contributed by atoms with Gasteiger partial charge in [0.25, 0.3) is 5.91 Å². The number of carbonyl (C=O) groups excluding carboxylic acids is 2.